The van der Waals surface area contributed by atoms with Gasteiger partial charge < -0.3 is 9.47 Å². The van der Waals surface area contributed by atoms with E-state index in [1.807, 2.05) is 24.3 Å². The van der Waals surface area contributed by atoms with E-state index >= 15 is 0 Å². The van der Waals surface area contributed by atoms with Gasteiger partial charge in [-0.2, -0.15) is 5.10 Å². The Morgan fingerprint density at radius 1 is 1.12 bits per heavy atom. The van der Waals surface area contributed by atoms with Gasteiger partial charge in [-0.15, -0.1) is 0 Å². The molecule has 0 aliphatic carbocycles. The number of ether oxygens (including phenoxy) is 2. The van der Waals surface area contributed by atoms with Crippen molar-refractivity contribution in [3.8, 4) is 11.5 Å². The molecule has 2 rings (SSSR count). The van der Waals surface area contributed by atoms with Crippen LogP contribution in [0.2, 0.25) is 0 Å². The molecule has 0 aromatic heterocycles. The van der Waals surface area contributed by atoms with Crippen LogP contribution in [0, 0.1) is 6.92 Å². The fraction of sp³-hybridized carbons (Fsp3) is 0.333. The Labute approximate surface area is 155 Å². The fourth-order valence-corrected chi connectivity index (χ4v) is 2.40. The van der Waals surface area contributed by atoms with Gasteiger partial charge in [-0.05, 0) is 59.9 Å². The molecular formula is C21H26N2O3. The first-order valence-corrected chi connectivity index (χ1v) is 8.71. The van der Waals surface area contributed by atoms with Crippen LogP contribution in [-0.4, -0.2) is 25.3 Å². The molecule has 26 heavy (non-hydrogen) atoms. The minimum absolute atomic E-state index is 0.199. The van der Waals surface area contributed by atoms with Crippen molar-refractivity contribution in [2.24, 2.45) is 5.10 Å². The van der Waals surface area contributed by atoms with E-state index in [-0.39, 0.29) is 5.91 Å². The number of carbonyl (C=O) groups excluding carboxylic acids is 1. The first-order chi connectivity index (χ1) is 12.5. The highest BCUT2D eigenvalue weighted by atomic mass is 16.5. The zero-order valence-electron chi connectivity index (χ0n) is 15.8. The maximum absolute atomic E-state index is 10.8. The minimum Gasteiger partial charge on any atom is -0.490 e. The van der Waals surface area contributed by atoms with Crippen LogP contribution in [0.3, 0.4) is 0 Å². The molecule has 0 aliphatic rings. The summed E-state index contributed by atoms with van der Waals surface area (Å²) in [5, 5.41) is 3.82. The molecule has 0 unspecified atom stereocenters. The lowest BCUT2D eigenvalue weighted by atomic mass is 10.0. The van der Waals surface area contributed by atoms with Gasteiger partial charge in [0.05, 0.1) is 6.21 Å². The normalized spacial score (nSPS) is 11.0. The van der Waals surface area contributed by atoms with E-state index in [1.165, 1.54) is 18.1 Å². The smallest absolute Gasteiger partial charge is 0.236 e. The van der Waals surface area contributed by atoms with E-state index in [2.05, 4.69) is 49.5 Å². The van der Waals surface area contributed by atoms with Gasteiger partial charge in [-0.3, -0.25) is 4.79 Å². The second-order valence-corrected chi connectivity index (χ2v) is 6.39. The van der Waals surface area contributed by atoms with Crippen molar-refractivity contribution in [3.05, 3.63) is 59.2 Å². The van der Waals surface area contributed by atoms with E-state index in [9.17, 15) is 4.79 Å². The topological polar surface area (TPSA) is 59.9 Å². The summed E-state index contributed by atoms with van der Waals surface area (Å²) in [7, 11) is 0. The summed E-state index contributed by atoms with van der Waals surface area (Å²) < 4.78 is 11.6. The third-order valence-corrected chi connectivity index (χ3v) is 3.72. The molecule has 5 heteroatoms. The summed E-state index contributed by atoms with van der Waals surface area (Å²) in [5.41, 5.74) is 5.63. The summed E-state index contributed by atoms with van der Waals surface area (Å²) in [6.07, 6.45) is 1.58. The van der Waals surface area contributed by atoms with E-state index in [0.29, 0.717) is 19.1 Å². The number of hydrogen-bond donors (Lipinski definition) is 1. The monoisotopic (exact) mass is 354 g/mol. The number of hydrazone groups is 1. The van der Waals surface area contributed by atoms with Crippen molar-refractivity contribution in [1.29, 1.82) is 0 Å². The first-order valence-electron chi connectivity index (χ1n) is 8.71. The summed E-state index contributed by atoms with van der Waals surface area (Å²) in [5.74, 6) is 1.90. The van der Waals surface area contributed by atoms with Gasteiger partial charge in [-0.1, -0.05) is 26.0 Å². The molecule has 0 heterocycles. The lowest BCUT2D eigenvalue weighted by molar-refractivity contribution is -0.118. The van der Waals surface area contributed by atoms with Crippen LogP contribution in [0.1, 0.15) is 43.4 Å². The van der Waals surface area contributed by atoms with Crippen LogP contribution in [0.15, 0.2) is 47.6 Å². The standard InChI is InChI=1S/C21H26N2O3/c1-15(2)20-10-5-16(3)13-21(20)26-12-11-25-19-8-6-18(7-9-19)14-22-23-17(4)24/h5-10,13-15H,11-12H2,1-4H3,(H,23,24)/b22-14+. The van der Waals surface area contributed by atoms with Crippen LogP contribution in [0.5, 0.6) is 11.5 Å². The van der Waals surface area contributed by atoms with Crippen LogP contribution >= 0.6 is 0 Å². The molecule has 5 nitrogen and oxygen atoms in total. The maximum atomic E-state index is 10.8. The zero-order valence-corrected chi connectivity index (χ0v) is 15.8. The largest absolute Gasteiger partial charge is 0.490 e. The van der Waals surface area contributed by atoms with Crippen molar-refractivity contribution in [3.63, 3.8) is 0 Å². The first kappa shape index (κ1) is 19.5. The molecule has 0 fully saturated rings. The van der Waals surface area contributed by atoms with Gasteiger partial charge in [0.2, 0.25) is 5.91 Å². The van der Waals surface area contributed by atoms with Gasteiger partial charge in [0.25, 0.3) is 0 Å². The molecule has 1 amide bonds. The zero-order chi connectivity index (χ0) is 18.9. The Balaban J connectivity index is 1.82. The lowest BCUT2D eigenvalue weighted by Gasteiger charge is -2.15. The Morgan fingerprint density at radius 2 is 1.81 bits per heavy atom. The number of benzene rings is 2. The molecule has 0 atom stereocenters. The lowest BCUT2D eigenvalue weighted by Crippen LogP contribution is -2.12. The fourth-order valence-electron chi connectivity index (χ4n) is 2.40. The molecular weight excluding hydrogens is 328 g/mol. The molecule has 2 aromatic rings. The van der Waals surface area contributed by atoms with E-state index in [0.717, 1.165) is 17.1 Å². The molecule has 2 aromatic carbocycles. The van der Waals surface area contributed by atoms with E-state index in [4.69, 9.17) is 9.47 Å². The van der Waals surface area contributed by atoms with Crippen LogP contribution in [0.4, 0.5) is 0 Å². The number of aryl methyl sites for hydroxylation is 1. The Morgan fingerprint density at radius 3 is 2.46 bits per heavy atom. The summed E-state index contributed by atoms with van der Waals surface area (Å²) in [6.45, 7) is 8.73. The minimum atomic E-state index is -0.199. The molecule has 0 bridgehead atoms. The second kappa shape index (κ2) is 9.61. The third kappa shape index (κ3) is 6.24. The third-order valence-electron chi connectivity index (χ3n) is 3.72. The highest BCUT2D eigenvalue weighted by molar-refractivity contribution is 5.81. The predicted molar refractivity (Wildman–Crippen MR) is 104 cm³/mol. The maximum Gasteiger partial charge on any atom is 0.236 e. The van der Waals surface area contributed by atoms with Gasteiger partial charge in [-0.25, -0.2) is 5.43 Å². The SMILES string of the molecule is CC(=O)N/N=C/c1ccc(OCCOc2cc(C)ccc2C(C)C)cc1. The number of nitrogens with zero attached hydrogens (tertiary/aromatic N) is 1. The van der Waals surface area contributed by atoms with Crippen molar-refractivity contribution < 1.29 is 14.3 Å². The van der Waals surface area contributed by atoms with Crippen LogP contribution in [0.25, 0.3) is 0 Å². The molecule has 0 spiro atoms. The molecule has 0 radical (unpaired) electrons. The number of hydrogen-bond acceptors (Lipinski definition) is 4. The Bertz CT molecular complexity index is 752. The summed E-state index contributed by atoms with van der Waals surface area (Å²) in [4.78, 5) is 10.8. The van der Waals surface area contributed by atoms with Crippen LogP contribution < -0.4 is 14.9 Å². The highest BCUT2D eigenvalue weighted by Crippen LogP contribution is 2.27. The molecule has 0 saturated heterocycles. The van der Waals surface area contributed by atoms with Gasteiger partial charge >= 0.3 is 0 Å². The number of nitrogens with one attached hydrogen (secondary N) is 1. The summed E-state index contributed by atoms with van der Waals surface area (Å²) >= 11 is 0. The quantitative estimate of drug-likeness (QED) is 0.442. The van der Waals surface area contributed by atoms with E-state index < -0.39 is 0 Å². The number of carbonyl (C=O) groups is 1. The number of amides is 1. The Kier molecular flexibility index (Phi) is 7.21. The van der Waals surface area contributed by atoms with Crippen molar-refractivity contribution >= 4 is 12.1 Å². The molecule has 1 N–H and O–H groups in total. The van der Waals surface area contributed by atoms with E-state index in [1.54, 1.807) is 6.21 Å². The molecule has 0 aliphatic heterocycles. The Hall–Kier alpha value is -2.82. The molecule has 138 valence electrons. The highest BCUT2D eigenvalue weighted by Gasteiger charge is 2.08. The van der Waals surface area contributed by atoms with Gasteiger partial charge in [0.1, 0.15) is 24.7 Å². The average Bonchev–Trinajstić information content (AvgIpc) is 2.59. The van der Waals surface area contributed by atoms with Gasteiger partial charge in [0, 0.05) is 6.92 Å². The van der Waals surface area contributed by atoms with Crippen LogP contribution in [-0.2, 0) is 4.79 Å². The predicted octanol–water partition coefficient (Wildman–Crippen LogP) is 4.05. The molecule has 0 saturated carbocycles. The average molecular weight is 354 g/mol. The van der Waals surface area contributed by atoms with Crippen molar-refractivity contribution in [1.82, 2.24) is 5.43 Å². The summed E-state index contributed by atoms with van der Waals surface area (Å²) in [6, 6.07) is 13.8. The second-order valence-electron chi connectivity index (χ2n) is 6.39. The van der Waals surface area contributed by atoms with Crippen molar-refractivity contribution in [2.75, 3.05) is 13.2 Å². The van der Waals surface area contributed by atoms with Gasteiger partial charge in [0.15, 0.2) is 0 Å². The number of rotatable bonds is 8. The van der Waals surface area contributed by atoms with Crippen molar-refractivity contribution in [2.45, 2.75) is 33.6 Å².